The van der Waals surface area contributed by atoms with Crippen molar-refractivity contribution >= 4 is 38.4 Å². The zero-order valence-electron chi connectivity index (χ0n) is 15.5. The van der Waals surface area contributed by atoms with Gasteiger partial charge in [0.15, 0.2) is 5.13 Å². The maximum atomic E-state index is 12.5. The molecule has 10 heteroatoms. The fraction of sp³-hybridized carbons (Fsp3) is 0.389. The highest BCUT2D eigenvalue weighted by Gasteiger charge is 2.26. The standard InChI is InChI=1S/C18H21N3O5S2/c1-11(2)9-16(22)21-8-7-14-15(10-21)27-18(19-14)20-28(25,26)13-5-3-12(4-6-13)17(23)24/h3-6,11H,7-10H2,1-2H3,(H,19,20)(H,23,24). The van der Waals surface area contributed by atoms with E-state index >= 15 is 0 Å². The first-order valence-electron chi connectivity index (χ1n) is 8.78. The number of anilines is 1. The van der Waals surface area contributed by atoms with Gasteiger partial charge < -0.3 is 10.0 Å². The Bertz CT molecular complexity index is 997. The Hall–Kier alpha value is -2.46. The van der Waals surface area contributed by atoms with Crippen LogP contribution in [0.3, 0.4) is 0 Å². The number of hydrogen-bond donors (Lipinski definition) is 2. The average molecular weight is 424 g/mol. The number of carbonyl (C=O) groups excluding carboxylic acids is 1. The van der Waals surface area contributed by atoms with Crippen molar-refractivity contribution in [3.63, 3.8) is 0 Å². The van der Waals surface area contributed by atoms with Crippen molar-refractivity contribution in [3.8, 4) is 0 Å². The number of hydrogen-bond acceptors (Lipinski definition) is 6. The van der Waals surface area contributed by atoms with Gasteiger partial charge in [-0.05, 0) is 30.2 Å². The molecule has 28 heavy (non-hydrogen) atoms. The number of thiazole rings is 1. The highest BCUT2D eigenvalue weighted by atomic mass is 32.2. The van der Waals surface area contributed by atoms with E-state index in [-0.39, 0.29) is 27.4 Å². The van der Waals surface area contributed by atoms with Crippen molar-refractivity contribution in [2.24, 2.45) is 5.92 Å². The molecule has 1 aromatic heterocycles. The lowest BCUT2D eigenvalue weighted by Gasteiger charge is -2.26. The van der Waals surface area contributed by atoms with Crippen LogP contribution < -0.4 is 4.72 Å². The number of benzene rings is 1. The molecule has 0 bridgehead atoms. The first kappa shape index (κ1) is 20.3. The normalized spacial score (nSPS) is 14.0. The number of nitrogens with zero attached hydrogens (tertiary/aromatic N) is 2. The van der Waals surface area contributed by atoms with Gasteiger partial charge in [0.1, 0.15) is 0 Å². The lowest BCUT2D eigenvalue weighted by molar-refractivity contribution is -0.132. The van der Waals surface area contributed by atoms with Gasteiger partial charge in [-0.1, -0.05) is 25.2 Å². The predicted octanol–water partition coefficient (Wildman–Crippen LogP) is 2.57. The van der Waals surface area contributed by atoms with E-state index in [0.717, 1.165) is 10.6 Å². The molecule has 150 valence electrons. The van der Waals surface area contributed by atoms with Crippen molar-refractivity contribution < 1.29 is 23.1 Å². The van der Waals surface area contributed by atoms with Crippen LogP contribution in [0.25, 0.3) is 0 Å². The molecular formula is C18H21N3O5S2. The number of carbonyl (C=O) groups is 2. The summed E-state index contributed by atoms with van der Waals surface area (Å²) in [5, 5.41) is 9.16. The van der Waals surface area contributed by atoms with Crippen LogP contribution in [0.15, 0.2) is 29.2 Å². The van der Waals surface area contributed by atoms with E-state index in [0.29, 0.717) is 25.9 Å². The summed E-state index contributed by atoms with van der Waals surface area (Å²) < 4.78 is 27.5. The first-order chi connectivity index (χ1) is 13.2. The maximum Gasteiger partial charge on any atom is 0.335 e. The average Bonchev–Trinajstić information content (AvgIpc) is 3.01. The summed E-state index contributed by atoms with van der Waals surface area (Å²) in [7, 11) is -3.88. The molecule has 8 nitrogen and oxygen atoms in total. The molecule has 2 N–H and O–H groups in total. The fourth-order valence-corrected chi connectivity index (χ4v) is 5.14. The maximum absolute atomic E-state index is 12.5. The van der Waals surface area contributed by atoms with Gasteiger partial charge in [-0.2, -0.15) is 0 Å². The quantitative estimate of drug-likeness (QED) is 0.738. The Labute approximate surface area is 167 Å². The van der Waals surface area contributed by atoms with Gasteiger partial charge in [-0.25, -0.2) is 18.2 Å². The Balaban J connectivity index is 1.73. The zero-order valence-corrected chi connectivity index (χ0v) is 17.1. The summed E-state index contributed by atoms with van der Waals surface area (Å²) in [5.41, 5.74) is 0.812. The number of amides is 1. The summed E-state index contributed by atoms with van der Waals surface area (Å²) in [4.78, 5) is 30.1. The minimum atomic E-state index is -3.88. The van der Waals surface area contributed by atoms with Crippen LogP contribution in [0.4, 0.5) is 5.13 Å². The monoisotopic (exact) mass is 423 g/mol. The Kier molecular flexibility index (Phi) is 5.71. The van der Waals surface area contributed by atoms with E-state index in [4.69, 9.17) is 5.11 Å². The highest BCUT2D eigenvalue weighted by Crippen LogP contribution is 2.30. The largest absolute Gasteiger partial charge is 0.478 e. The van der Waals surface area contributed by atoms with Gasteiger partial charge >= 0.3 is 5.97 Å². The molecular weight excluding hydrogens is 402 g/mol. The summed E-state index contributed by atoms with van der Waals surface area (Å²) >= 11 is 1.22. The van der Waals surface area contributed by atoms with Gasteiger partial charge in [-0.3, -0.25) is 9.52 Å². The molecule has 1 aromatic carbocycles. The van der Waals surface area contributed by atoms with Gasteiger partial charge in [0.2, 0.25) is 5.91 Å². The Morgan fingerprint density at radius 1 is 1.29 bits per heavy atom. The zero-order chi connectivity index (χ0) is 20.5. The van der Waals surface area contributed by atoms with E-state index in [1.54, 1.807) is 4.90 Å². The number of nitrogens with one attached hydrogen (secondary N) is 1. The topological polar surface area (TPSA) is 117 Å². The fourth-order valence-electron chi connectivity index (χ4n) is 2.88. The molecule has 2 aromatic rings. The number of fused-ring (bicyclic) bond motifs is 1. The van der Waals surface area contributed by atoms with Crippen molar-refractivity contribution in [1.29, 1.82) is 0 Å². The number of carboxylic acid groups (broad SMARTS) is 1. The third-order valence-corrected chi connectivity index (χ3v) is 6.78. The molecule has 0 saturated carbocycles. The first-order valence-corrected chi connectivity index (χ1v) is 11.1. The van der Waals surface area contributed by atoms with Crippen LogP contribution in [0.5, 0.6) is 0 Å². The molecule has 2 heterocycles. The van der Waals surface area contributed by atoms with E-state index < -0.39 is 16.0 Å². The van der Waals surface area contributed by atoms with Crippen molar-refractivity contribution in [2.45, 2.75) is 38.1 Å². The molecule has 1 aliphatic heterocycles. The van der Waals surface area contributed by atoms with Crippen LogP contribution in [0.1, 0.15) is 41.2 Å². The Morgan fingerprint density at radius 2 is 1.96 bits per heavy atom. The molecule has 1 amide bonds. The third kappa shape index (κ3) is 4.50. The van der Waals surface area contributed by atoms with Crippen LogP contribution >= 0.6 is 11.3 Å². The minimum Gasteiger partial charge on any atom is -0.478 e. The molecule has 0 atom stereocenters. The molecule has 0 radical (unpaired) electrons. The summed E-state index contributed by atoms with van der Waals surface area (Å²) in [6, 6.07) is 4.96. The highest BCUT2D eigenvalue weighted by molar-refractivity contribution is 7.93. The van der Waals surface area contributed by atoms with Gasteiger partial charge in [0.05, 0.1) is 22.7 Å². The van der Waals surface area contributed by atoms with Crippen LogP contribution in [0.2, 0.25) is 0 Å². The lowest BCUT2D eigenvalue weighted by atomic mass is 10.1. The number of aromatic carboxylic acids is 1. The molecule has 1 aliphatic rings. The van der Waals surface area contributed by atoms with E-state index in [2.05, 4.69) is 9.71 Å². The second kappa shape index (κ2) is 7.88. The smallest absolute Gasteiger partial charge is 0.335 e. The van der Waals surface area contributed by atoms with Gasteiger partial charge in [0.25, 0.3) is 10.0 Å². The van der Waals surface area contributed by atoms with Gasteiger partial charge in [0, 0.05) is 24.3 Å². The molecule has 0 saturated heterocycles. The number of carboxylic acids is 1. The molecule has 0 fully saturated rings. The second-order valence-electron chi connectivity index (χ2n) is 6.99. The van der Waals surface area contributed by atoms with E-state index in [1.165, 1.54) is 35.6 Å². The lowest BCUT2D eigenvalue weighted by Crippen LogP contribution is -2.36. The van der Waals surface area contributed by atoms with Crippen LogP contribution in [-0.2, 0) is 27.8 Å². The Morgan fingerprint density at radius 3 is 2.57 bits per heavy atom. The number of sulfonamides is 1. The van der Waals surface area contributed by atoms with E-state index in [1.807, 2.05) is 13.8 Å². The van der Waals surface area contributed by atoms with Crippen molar-refractivity contribution in [3.05, 3.63) is 40.4 Å². The number of rotatable bonds is 6. The van der Waals surface area contributed by atoms with Gasteiger partial charge in [-0.15, -0.1) is 0 Å². The molecule has 0 aliphatic carbocycles. The SMILES string of the molecule is CC(C)CC(=O)N1CCc2nc(NS(=O)(=O)c3ccc(C(=O)O)cc3)sc2C1. The van der Waals surface area contributed by atoms with Crippen LogP contribution in [-0.4, -0.2) is 41.8 Å². The molecule has 0 spiro atoms. The summed E-state index contributed by atoms with van der Waals surface area (Å²) in [6.07, 6.45) is 1.07. The molecule has 3 rings (SSSR count). The molecule has 0 unspecified atom stereocenters. The summed E-state index contributed by atoms with van der Waals surface area (Å²) in [6.45, 7) is 5.00. The number of aromatic nitrogens is 1. The summed E-state index contributed by atoms with van der Waals surface area (Å²) in [5.74, 6) is -0.749. The second-order valence-corrected chi connectivity index (χ2v) is 9.75. The minimum absolute atomic E-state index is 0.00909. The van der Waals surface area contributed by atoms with Crippen molar-refractivity contribution in [2.75, 3.05) is 11.3 Å². The van der Waals surface area contributed by atoms with Crippen molar-refractivity contribution in [1.82, 2.24) is 9.88 Å². The predicted molar refractivity (Wildman–Crippen MR) is 105 cm³/mol. The van der Waals surface area contributed by atoms with Crippen LogP contribution in [0, 0.1) is 5.92 Å². The third-order valence-electron chi connectivity index (χ3n) is 4.30. The van der Waals surface area contributed by atoms with E-state index in [9.17, 15) is 18.0 Å².